The van der Waals surface area contributed by atoms with Crippen LogP contribution in [0.3, 0.4) is 0 Å². The van der Waals surface area contributed by atoms with Gasteiger partial charge in [-0.25, -0.2) is 9.59 Å². The van der Waals surface area contributed by atoms with Gasteiger partial charge in [0.1, 0.15) is 0 Å². The number of carboxylic acid groups (broad SMARTS) is 2. The van der Waals surface area contributed by atoms with E-state index in [4.69, 9.17) is 20.4 Å². The molecule has 0 aliphatic carbocycles. The van der Waals surface area contributed by atoms with Gasteiger partial charge in [0.15, 0.2) is 0 Å². The molecule has 5 N–H and O–H groups in total. The van der Waals surface area contributed by atoms with Gasteiger partial charge in [0.25, 0.3) is 0 Å². The lowest BCUT2D eigenvalue weighted by Gasteiger charge is -1.94. The topological polar surface area (TPSA) is 127 Å². The molecule has 0 atom stereocenters. The highest BCUT2D eigenvalue weighted by Gasteiger charge is 2.00. The summed E-state index contributed by atoms with van der Waals surface area (Å²) in [5.74, 6) is -2.45. The average molecular weight is 235 g/mol. The van der Waals surface area contributed by atoms with Gasteiger partial charge < -0.3 is 25.7 Å². The summed E-state index contributed by atoms with van der Waals surface area (Å²) in [6, 6.07) is 0. The molecule has 0 saturated heterocycles. The van der Waals surface area contributed by atoms with Crippen molar-refractivity contribution in [3.63, 3.8) is 0 Å². The van der Waals surface area contributed by atoms with E-state index < -0.39 is 11.9 Å². The smallest absolute Gasteiger partial charge is 0.331 e. The molecule has 0 aromatic rings. The number of aliphatic hydroxyl groups excluding tert-OH is 2. The van der Waals surface area contributed by atoms with Crippen LogP contribution in [0.5, 0.6) is 0 Å². The maximum absolute atomic E-state index is 9.90. The number of aliphatic hydroxyl groups is 2. The van der Waals surface area contributed by atoms with Crippen molar-refractivity contribution < 1.29 is 30.0 Å². The predicted molar refractivity (Wildman–Crippen MR) is 56.1 cm³/mol. The SMILES string of the molecule is C/C(=C/C(=O)O)C(=O)O.OCCNCCO. The van der Waals surface area contributed by atoms with Crippen LogP contribution in [-0.4, -0.2) is 58.7 Å². The monoisotopic (exact) mass is 235 g/mol. The summed E-state index contributed by atoms with van der Waals surface area (Å²) in [5, 5.41) is 35.2. The first-order chi connectivity index (χ1) is 7.45. The molecule has 0 amide bonds. The third-order valence-electron chi connectivity index (χ3n) is 1.25. The molecule has 0 spiro atoms. The van der Waals surface area contributed by atoms with Crippen LogP contribution in [0.4, 0.5) is 0 Å². The Bertz CT molecular complexity index is 234. The Morgan fingerprint density at radius 3 is 1.75 bits per heavy atom. The number of hydrogen-bond donors (Lipinski definition) is 5. The number of nitrogens with one attached hydrogen (secondary N) is 1. The fraction of sp³-hybridized carbons (Fsp3) is 0.556. The molecule has 7 nitrogen and oxygen atoms in total. The molecule has 0 aromatic heterocycles. The van der Waals surface area contributed by atoms with Gasteiger partial charge in [-0.3, -0.25) is 0 Å². The van der Waals surface area contributed by atoms with Crippen molar-refractivity contribution in [1.29, 1.82) is 0 Å². The molecular weight excluding hydrogens is 218 g/mol. The van der Waals surface area contributed by atoms with Gasteiger partial charge in [-0.15, -0.1) is 0 Å². The Hall–Kier alpha value is -1.44. The molecule has 0 aromatic carbocycles. The zero-order valence-electron chi connectivity index (χ0n) is 9.01. The second-order valence-corrected chi connectivity index (χ2v) is 2.67. The van der Waals surface area contributed by atoms with Crippen LogP contribution in [-0.2, 0) is 9.59 Å². The summed E-state index contributed by atoms with van der Waals surface area (Å²) in [5.41, 5.74) is -0.178. The summed E-state index contributed by atoms with van der Waals surface area (Å²) in [6.45, 7) is 2.64. The Balaban J connectivity index is 0. The predicted octanol–water partition coefficient (Wildman–Crippen LogP) is -1.34. The van der Waals surface area contributed by atoms with Crippen LogP contribution >= 0.6 is 0 Å². The molecule has 0 radical (unpaired) electrons. The van der Waals surface area contributed by atoms with Crippen LogP contribution in [0, 0.1) is 0 Å². The van der Waals surface area contributed by atoms with Crippen molar-refractivity contribution in [3.8, 4) is 0 Å². The standard InChI is InChI=1S/C5H6O4.C4H11NO2/c1-3(5(8)9)2-4(6)7;6-3-1-5-2-4-7/h2H,1H3,(H,6,7)(H,8,9);5-7H,1-4H2/b3-2-;. The summed E-state index contributed by atoms with van der Waals surface area (Å²) in [7, 11) is 0. The third-order valence-corrected chi connectivity index (χ3v) is 1.25. The van der Waals surface area contributed by atoms with E-state index >= 15 is 0 Å². The van der Waals surface area contributed by atoms with Crippen molar-refractivity contribution in [2.75, 3.05) is 26.3 Å². The van der Waals surface area contributed by atoms with Crippen molar-refractivity contribution in [1.82, 2.24) is 5.32 Å². The summed E-state index contributed by atoms with van der Waals surface area (Å²) in [6.07, 6.45) is 0.641. The van der Waals surface area contributed by atoms with Gasteiger partial charge in [-0.05, 0) is 6.92 Å². The fourth-order valence-electron chi connectivity index (χ4n) is 0.530. The summed E-state index contributed by atoms with van der Waals surface area (Å²) < 4.78 is 0. The number of carboxylic acids is 2. The average Bonchev–Trinajstić information content (AvgIpc) is 2.18. The maximum Gasteiger partial charge on any atom is 0.331 e. The molecule has 0 aliphatic rings. The minimum atomic E-state index is -1.24. The van der Waals surface area contributed by atoms with Crippen molar-refractivity contribution in [3.05, 3.63) is 11.6 Å². The Morgan fingerprint density at radius 2 is 1.56 bits per heavy atom. The first-order valence-electron chi connectivity index (χ1n) is 4.52. The van der Waals surface area contributed by atoms with Gasteiger partial charge in [-0.2, -0.15) is 0 Å². The highest BCUT2D eigenvalue weighted by atomic mass is 16.4. The molecule has 0 unspecified atom stereocenters. The van der Waals surface area contributed by atoms with Crippen molar-refractivity contribution in [2.24, 2.45) is 0 Å². The first kappa shape index (κ1) is 17.0. The second-order valence-electron chi connectivity index (χ2n) is 2.67. The maximum atomic E-state index is 9.90. The Kier molecular flexibility index (Phi) is 12.3. The van der Waals surface area contributed by atoms with Crippen LogP contribution in [0.15, 0.2) is 11.6 Å². The normalized spacial score (nSPS) is 10.3. The number of aliphatic carboxylic acids is 2. The molecule has 0 aliphatic heterocycles. The van der Waals surface area contributed by atoms with E-state index in [2.05, 4.69) is 5.32 Å². The van der Waals surface area contributed by atoms with Gasteiger partial charge in [0, 0.05) is 24.7 Å². The third kappa shape index (κ3) is 15.1. The van der Waals surface area contributed by atoms with Gasteiger partial charge in [-0.1, -0.05) is 0 Å². The van der Waals surface area contributed by atoms with Crippen molar-refractivity contribution >= 4 is 11.9 Å². The molecule has 16 heavy (non-hydrogen) atoms. The highest BCUT2D eigenvalue weighted by Crippen LogP contribution is 1.89. The molecular formula is C9H17NO6. The molecule has 94 valence electrons. The lowest BCUT2D eigenvalue weighted by molar-refractivity contribution is -0.135. The summed E-state index contributed by atoms with van der Waals surface area (Å²) >= 11 is 0. The number of hydrogen-bond acceptors (Lipinski definition) is 5. The molecule has 0 saturated carbocycles. The van der Waals surface area contributed by atoms with Crippen molar-refractivity contribution in [2.45, 2.75) is 6.92 Å². The minimum Gasteiger partial charge on any atom is -0.478 e. The highest BCUT2D eigenvalue weighted by molar-refractivity contribution is 5.93. The van der Waals surface area contributed by atoms with E-state index in [0.717, 1.165) is 0 Å². The van der Waals surface area contributed by atoms with E-state index in [1.807, 2.05) is 0 Å². The Labute approximate surface area is 93.0 Å². The Morgan fingerprint density at radius 1 is 1.12 bits per heavy atom. The fourth-order valence-corrected chi connectivity index (χ4v) is 0.530. The van der Waals surface area contributed by atoms with Crippen LogP contribution < -0.4 is 5.32 Å². The molecule has 0 rings (SSSR count). The zero-order valence-corrected chi connectivity index (χ0v) is 9.01. The lowest BCUT2D eigenvalue weighted by Crippen LogP contribution is -2.21. The van der Waals surface area contributed by atoms with E-state index in [9.17, 15) is 9.59 Å². The summed E-state index contributed by atoms with van der Waals surface area (Å²) in [4.78, 5) is 19.7. The van der Waals surface area contributed by atoms with E-state index in [1.165, 1.54) is 6.92 Å². The second kappa shape index (κ2) is 11.6. The zero-order chi connectivity index (χ0) is 13.0. The first-order valence-corrected chi connectivity index (χ1v) is 4.52. The van der Waals surface area contributed by atoms with Crippen LogP contribution in [0.2, 0.25) is 0 Å². The van der Waals surface area contributed by atoms with Crippen LogP contribution in [0.25, 0.3) is 0 Å². The van der Waals surface area contributed by atoms with E-state index in [-0.39, 0.29) is 18.8 Å². The largest absolute Gasteiger partial charge is 0.478 e. The van der Waals surface area contributed by atoms with Gasteiger partial charge in [0.2, 0.25) is 0 Å². The quantitative estimate of drug-likeness (QED) is 0.285. The number of carbonyl (C=O) groups is 2. The van der Waals surface area contributed by atoms with Crippen LogP contribution in [0.1, 0.15) is 6.92 Å². The van der Waals surface area contributed by atoms with E-state index in [0.29, 0.717) is 19.2 Å². The minimum absolute atomic E-state index is 0.139. The van der Waals surface area contributed by atoms with Gasteiger partial charge in [0.05, 0.1) is 13.2 Å². The number of rotatable bonds is 6. The molecule has 0 fully saturated rings. The van der Waals surface area contributed by atoms with E-state index in [1.54, 1.807) is 0 Å². The van der Waals surface area contributed by atoms with Gasteiger partial charge >= 0.3 is 11.9 Å². The molecule has 0 bridgehead atoms. The lowest BCUT2D eigenvalue weighted by atomic mass is 10.3. The molecule has 0 heterocycles. The molecule has 7 heteroatoms.